The summed E-state index contributed by atoms with van der Waals surface area (Å²) < 4.78 is 0. The zero-order chi connectivity index (χ0) is 13.0. The molecule has 2 amide bonds. The lowest BCUT2D eigenvalue weighted by Crippen LogP contribution is -2.43. The van der Waals surface area contributed by atoms with Crippen LogP contribution < -0.4 is 5.32 Å². The Bertz CT molecular complexity index is 418. The highest BCUT2D eigenvalue weighted by Crippen LogP contribution is 2.20. The summed E-state index contributed by atoms with van der Waals surface area (Å²) in [6.45, 7) is 1.01. The van der Waals surface area contributed by atoms with E-state index in [-0.39, 0.29) is 18.5 Å². The molecule has 1 unspecified atom stereocenters. The second-order valence-electron chi connectivity index (χ2n) is 4.35. The summed E-state index contributed by atoms with van der Waals surface area (Å²) in [5.41, 5.74) is 0.886. The lowest BCUT2D eigenvalue weighted by molar-refractivity contribution is -0.137. The molecule has 18 heavy (non-hydrogen) atoms. The number of likely N-dealkylation sites (tertiary alicyclic amines) is 1. The lowest BCUT2D eigenvalue weighted by atomic mass is 10.1. The van der Waals surface area contributed by atoms with Gasteiger partial charge in [0.25, 0.3) is 0 Å². The van der Waals surface area contributed by atoms with Gasteiger partial charge in [0.05, 0.1) is 12.6 Å². The highest BCUT2D eigenvalue weighted by molar-refractivity contribution is 5.76. The maximum Gasteiger partial charge on any atom is 0.317 e. The first kappa shape index (κ1) is 12.4. The van der Waals surface area contributed by atoms with E-state index in [1.165, 1.54) is 0 Å². The molecule has 0 aliphatic carbocycles. The number of nitrogens with one attached hydrogen (secondary N) is 2. The van der Waals surface area contributed by atoms with Gasteiger partial charge in [-0.05, 0) is 12.8 Å². The zero-order valence-corrected chi connectivity index (χ0v) is 9.93. The molecule has 1 aliphatic rings. The van der Waals surface area contributed by atoms with Crippen molar-refractivity contribution in [1.29, 1.82) is 0 Å². The first-order valence-corrected chi connectivity index (χ1v) is 5.90. The molecule has 1 aliphatic heterocycles. The van der Waals surface area contributed by atoms with E-state index >= 15 is 0 Å². The van der Waals surface area contributed by atoms with Gasteiger partial charge in [-0.3, -0.25) is 9.89 Å². The van der Waals surface area contributed by atoms with E-state index in [2.05, 4.69) is 15.5 Å². The maximum absolute atomic E-state index is 11.9. The molecule has 2 rings (SSSR count). The summed E-state index contributed by atoms with van der Waals surface area (Å²) in [6.07, 6.45) is 4.97. The Labute approximate surface area is 104 Å². The van der Waals surface area contributed by atoms with Crippen molar-refractivity contribution in [2.45, 2.75) is 31.8 Å². The van der Waals surface area contributed by atoms with Crippen LogP contribution in [0.3, 0.4) is 0 Å². The first-order chi connectivity index (χ1) is 8.66. The fourth-order valence-corrected chi connectivity index (χ4v) is 2.17. The summed E-state index contributed by atoms with van der Waals surface area (Å²) in [5, 5.41) is 18.0. The number of hydrogen-bond acceptors (Lipinski definition) is 3. The van der Waals surface area contributed by atoms with E-state index in [0.717, 1.165) is 18.4 Å². The average molecular weight is 252 g/mol. The Morgan fingerprint density at radius 3 is 3.11 bits per heavy atom. The molecule has 98 valence electrons. The number of nitrogens with zero attached hydrogens (tertiary/aromatic N) is 2. The molecule has 0 bridgehead atoms. The third-order valence-corrected chi connectivity index (χ3v) is 3.05. The van der Waals surface area contributed by atoms with E-state index in [1.807, 2.05) is 0 Å². The molecule has 1 atom stereocenters. The van der Waals surface area contributed by atoms with E-state index in [9.17, 15) is 9.59 Å². The number of carboxylic acids is 1. The number of H-pyrrole nitrogens is 1. The fourth-order valence-electron chi connectivity index (χ4n) is 2.17. The van der Waals surface area contributed by atoms with Gasteiger partial charge in [0.2, 0.25) is 0 Å². The predicted molar refractivity (Wildman–Crippen MR) is 62.8 cm³/mol. The molecule has 3 N–H and O–H groups in total. The van der Waals surface area contributed by atoms with Crippen LogP contribution in [0.4, 0.5) is 4.79 Å². The number of aromatic nitrogens is 2. The minimum atomic E-state index is -0.866. The maximum atomic E-state index is 11.9. The van der Waals surface area contributed by atoms with Gasteiger partial charge in [-0.1, -0.05) is 0 Å². The summed E-state index contributed by atoms with van der Waals surface area (Å²) in [6, 6.07) is -0.396. The van der Waals surface area contributed by atoms with E-state index < -0.39 is 5.97 Å². The molecule has 7 heteroatoms. The normalized spacial score (nSPS) is 18.9. The molecular formula is C11H16N4O3. The number of carboxylic acid groups (broad SMARTS) is 1. The molecule has 7 nitrogen and oxygen atoms in total. The molecular weight excluding hydrogens is 236 g/mol. The van der Waals surface area contributed by atoms with Crippen LogP contribution >= 0.6 is 0 Å². The van der Waals surface area contributed by atoms with Gasteiger partial charge in [0.1, 0.15) is 0 Å². The number of urea groups is 1. The van der Waals surface area contributed by atoms with Crippen LogP contribution in [0.15, 0.2) is 12.4 Å². The SMILES string of the molecule is O=C(O)CC1CCCN1C(=O)NCc1cn[nH]c1. The van der Waals surface area contributed by atoms with Gasteiger partial charge in [-0.15, -0.1) is 0 Å². The van der Waals surface area contributed by atoms with Gasteiger partial charge in [0.15, 0.2) is 0 Å². The number of carbonyl (C=O) groups excluding carboxylic acids is 1. The molecule has 0 radical (unpaired) electrons. The molecule has 0 saturated carbocycles. The summed E-state index contributed by atoms with van der Waals surface area (Å²) in [5.74, 6) is -0.866. The third-order valence-electron chi connectivity index (χ3n) is 3.05. The molecule has 1 aromatic heterocycles. The van der Waals surface area contributed by atoms with Crippen LogP contribution in [0.5, 0.6) is 0 Å². The van der Waals surface area contributed by atoms with E-state index in [1.54, 1.807) is 17.3 Å². The van der Waals surface area contributed by atoms with Crippen molar-refractivity contribution in [3.63, 3.8) is 0 Å². The minimum Gasteiger partial charge on any atom is -0.481 e. The summed E-state index contributed by atoms with van der Waals surface area (Å²) in [7, 11) is 0. The second-order valence-corrected chi connectivity index (χ2v) is 4.35. The zero-order valence-electron chi connectivity index (χ0n) is 9.93. The van der Waals surface area contributed by atoms with Crippen molar-refractivity contribution in [2.75, 3.05) is 6.54 Å². The number of rotatable bonds is 4. The van der Waals surface area contributed by atoms with Crippen molar-refractivity contribution >= 4 is 12.0 Å². The fraction of sp³-hybridized carbons (Fsp3) is 0.545. The highest BCUT2D eigenvalue weighted by atomic mass is 16.4. The largest absolute Gasteiger partial charge is 0.481 e. The topological polar surface area (TPSA) is 98.3 Å². The Hall–Kier alpha value is -2.05. The van der Waals surface area contributed by atoms with Crippen LogP contribution in [0, 0.1) is 0 Å². The van der Waals surface area contributed by atoms with Crippen LogP contribution in [0.2, 0.25) is 0 Å². The number of aliphatic carboxylic acids is 1. The average Bonchev–Trinajstić information content (AvgIpc) is 2.95. The van der Waals surface area contributed by atoms with Gasteiger partial charge < -0.3 is 15.3 Å². The van der Waals surface area contributed by atoms with Crippen LogP contribution in [0.25, 0.3) is 0 Å². The summed E-state index contributed by atoms with van der Waals surface area (Å²) >= 11 is 0. The van der Waals surface area contributed by atoms with Gasteiger partial charge in [-0.25, -0.2) is 4.79 Å². The second kappa shape index (κ2) is 5.52. The van der Waals surface area contributed by atoms with Crippen LogP contribution in [-0.4, -0.2) is 44.8 Å². The van der Waals surface area contributed by atoms with Gasteiger partial charge >= 0.3 is 12.0 Å². The Balaban J connectivity index is 1.85. The third kappa shape index (κ3) is 2.99. The highest BCUT2D eigenvalue weighted by Gasteiger charge is 2.30. The minimum absolute atomic E-state index is 0.0130. The predicted octanol–water partition coefficient (Wildman–Crippen LogP) is 0.558. The molecule has 1 fully saturated rings. The molecule has 1 saturated heterocycles. The summed E-state index contributed by atoms with van der Waals surface area (Å²) in [4.78, 5) is 24.2. The standard InChI is InChI=1S/C11H16N4O3/c16-10(17)4-9-2-1-3-15(9)11(18)12-5-8-6-13-14-7-8/h6-7,9H,1-5H2,(H,12,18)(H,13,14)(H,16,17). The smallest absolute Gasteiger partial charge is 0.317 e. The van der Waals surface area contributed by atoms with Crippen molar-refractivity contribution in [3.05, 3.63) is 18.0 Å². The van der Waals surface area contributed by atoms with Crippen molar-refractivity contribution < 1.29 is 14.7 Å². The van der Waals surface area contributed by atoms with Crippen LogP contribution in [-0.2, 0) is 11.3 Å². The number of amides is 2. The molecule has 2 heterocycles. The first-order valence-electron chi connectivity index (χ1n) is 5.90. The van der Waals surface area contributed by atoms with Crippen molar-refractivity contribution in [1.82, 2.24) is 20.4 Å². The Morgan fingerprint density at radius 1 is 1.61 bits per heavy atom. The number of hydrogen-bond donors (Lipinski definition) is 3. The molecule has 1 aromatic rings. The quantitative estimate of drug-likeness (QED) is 0.729. The number of aromatic amines is 1. The van der Waals surface area contributed by atoms with E-state index in [4.69, 9.17) is 5.11 Å². The van der Waals surface area contributed by atoms with Crippen molar-refractivity contribution in [2.24, 2.45) is 0 Å². The molecule has 0 aromatic carbocycles. The van der Waals surface area contributed by atoms with E-state index in [0.29, 0.717) is 13.1 Å². The number of carbonyl (C=O) groups is 2. The lowest BCUT2D eigenvalue weighted by Gasteiger charge is -2.23. The molecule has 0 spiro atoms. The van der Waals surface area contributed by atoms with Gasteiger partial charge in [-0.2, -0.15) is 5.10 Å². The van der Waals surface area contributed by atoms with Crippen molar-refractivity contribution in [3.8, 4) is 0 Å². The Kier molecular flexibility index (Phi) is 3.81. The Morgan fingerprint density at radius 2 is 2.44 bits per heavy atom. The van der Waals surface area contributed by atoms with Gasteiger partial charge in [0, 0.05) is 30.9 Å². The monoisotopic (exact) mass is 252 g/mol. The van der Waals surface area contributed by atoms with Crippen LogP contribution in [0.1, 0.15) is 24.8 Å².